The molecule has 0 unspecified atom stereocenters. The van der Waals surface area contributed by atoms with E-state index in [-0.39, 0.29) is 11.8 Å². The summed E-state index contributed by atoms with van der Waals surface area (Å²) in [6.07, 6.45) is 2.65. The van der Waals surface area contributed by atoms with Crippen molar-refractivity contribution < 1.29 is 9.59 Å². The van der Waals surface area contributed by atoms with Crippen molar-refractivity contribution in [3.05, 3.63) is 40.9 Å². The number of nitrogens with one attached hydrogen (secondary N) is 2. The van der Waals surface area contributed by atoms with E-state index in [4.69, 9.17) is 23.2 Å². The third-order valence-electron chi connectivity index (χ3n) is 3.15. The van der Waals surface area contributed by atoms with Crippen molar-refractivity contribution >= 4 is 40.7 Å². The van der Waals surface area contributed by atoms with Gasteiger partial charge < -0.3 is 10.6 Å². The number of carbonyl (C=O) groups excluding carboxylic acids is 2. The molecule has 0 spiro atoms. The number of anilines is 1. The summed E-state index contributed by atoms with van der Waals surface area (Å²) in [4.78, 5) is 24.2. The first-order chi connectivity index (χ1) is 9.48. The third kappa shape index (κ3) is 3.14. The molecular weight excluding hydrogens is 299 g/mol. The minimum absolute atomic E-state index is 0.275. The second kappa shape index (κ2) is 5.85. The summed E-state index contributed by atoms with van der Waals surface area (Å²) < 4.78 is 0. The van der Waals surface area contributed by atoms with Gasteiger partial charge in [0.15, 0.2) is 0 Å². The van der Waals surface area contributed by atoms with Crippen LogP contribution in [0.15, 0.2) is 30.9 Å². The highest BCUT2D eigenvalue weighted by atomic mass is 35.5. The Morgan fingerprint density at radius 2 is 1.80 bits per heavy atom. The van der Waals surface area contributed by atoms with Crippen LogP contribution < -0.4 is 10.6 Å². The van der Waals surface area contributed by atoms with Crippen molar-refractivity contribution in [2.75, 3.05) is 11.9 Å². The minimum atomic E-state index is -0.974. The predicted octanol–water partition coefficient (Wildman–Crippen LogP) is 3.01. The van der Waals surface area contributed by atoms with E-state index in [9.17, 15) is 9.59 Å². The predicted molar refractivity (Wildman–Crippen MR) is 80.0 cm³/mol. The van der Waals surface area contributed by atoms with Crippen molar-refractivity contribution in [2.45, 2.75) is 12.8 Å². The van der Waals surface area contributed by atoms with Crippen LogP contribution in [0.3, 0.4) is 0 Å². The van der Waals surface area contributed by atoms with Gasteiger partial charge in [-0.25, -0.2) is 0 Å². The van der Waals surface area contributed by atoms with Crippen molar-refractivity contribution in [1.29, 1.82) is 0 Å². The molecule has 0 saturated heterocycles. The maximum Gasteiger partial charge on any atom is 0.240 e. The van der Waals surface area contributed by atoms with E-state index in [0.29, 0.717) is 35.1 Å². The van der Waals surface area contributed by atoms with Crippen molar-refractivity contribution in [3.8, 4) is 0 Å². The molecule has 106 valence electrons. The Hall–Kier alpha value is -1.52. The second-order valence-corrected chi connectivity index (χ2v) is 5.57. The van der Waals surface area contributed by atoms with Gasteiger partial charge in [0.25, 0.3) is 0 Å². The van der Waals surface area contributed by atoms with Gasteiger partial charge in [0.2, 0.25) is 11.8 Å². The van der Waals surface area contributed by atoms with Crippen LogP contribution in [0.4, 0.5) is 5.69 Å². The lowest BCUT2D eigenvalue weighted by Crippen LogP contribution is -2.40. The van der Waals surface area contributed by atoms with Crippen LogP contribution in [0.5, 0.6) is 0 Å². The van der Waals surface area contributed by atoms with E-state index in [2.05, 4.69) is 17.2 Å². The molecule has 6 heteroatoms. The molecule has 1 aliphatic carbocycles. The fourth-order valence-corrected chi connectivity index (χ4v) is 2.42. The van der Waals surface area contributed by atoms with E-state index in [1.165, 1.54) is 0 Å². The molecule has 2 rings (SSSR count). The van der Waals surface area contributed by atoms with Gasteiger partial charge in [0.05, 0.1) is 0 Å². The molecule has 0 bridgehead atoms. The van der Waals surface area contributed by atoms with Gasteiger partial charge in [-0.1, -0.05) is 29.3 Å². The molecule has 0 aliphatic heterocycles. The Bertz CT molecular complexity index is 548. The highest BCUT2D eigenvalue weighted by molar-refractivity contribution is 6.35. The van der Waals surface area contributed by atoms with Gasteiger partial charge in [-0.3, -0.25) is 9.59 Å². The van der Waals surface area contributed by atoms with Crippen molar-refractivity contribution in [1.82, 2.24) is 5.32 Å². The van der Waals surface area contributed by atoms with Crippen molar-refractivity contribution in [2.24, 2.45) is 5.41 Å². The highest BCUT2D eigenvalue weighted by Gasteiger charge is 2.56. The molecule has 1 aromatic rings. The van der Waals surface area contributed by atoms with Gasteiger partial charge in [0, 0.05) is 22.3 Å². The number of hydrogen-bond donors (Lipinski definition) is 2. The van der Waals surface area contributed by atoms with Gasteiger partial charge >= 0.3 is 0 Å². The topological polar surface area (TPSA) is 58.2 Å². The first-order valence-corrected chi connectivity index (χ1v) is 6.90. The number of benzene rings is 1. The molecule has 2 N–H and O–H groups in total. The standard InChI is InChI=1S/C14H14Cl2N2O2/c1-2-5-17-12(19)14(3-4-14)13(20)18-11-7-9(15)6-10(16)8-11/h2,6-8H,1,3-5H2,(H,17,19)(H,18,20). The summed E-state index contributed by atoms with van der Waals surface area (Å²) in [7, 11) is 0. The fraction of sp³-hybridized carbons (Fsp3) is 0.286. The van der Waals surface area contributed by atoms with E-state index < -0.39 is 5.41 Å². The first-order valence-electron chi connectivity index (χ1n) is 6.15. The lowest BCUT2D eigenvalue weighted by Gasteiger charge is -2.15. The van der Waals surface area contributed by atoms with E-state index in [1.54, 1.807) is 24.3 Å². The SMILES string of the molecule is C=CCNC(=O)C1(C(=O)Nc2cc(Cl)cc(Cl)c2)CC1. The van der Waals surface area contributed by atoms with Crippen LogP contribution in [0.2, 0.25) is 10.0 Å². The van der Waals surface area contributed by atoms with Gasteiger partial charge in [-0.2, -0.15) is 0 Å². The quantitative estimate of drug-likeness (QED) is 0.648. The molecule has 1 fully saturated rings. The maximum absolute atomic E-state index is 12.2. The normalized spacial score (nSPS) is 15.3. The molecule has 1 aliphatic rings. The van der Waals surface area contributed by atoms with Gasteiger partial charge in [-0.15, -0.1) is 6.58 Å². The van der Waals surface area contributed by atoms with Gasteiger partial charge in [-0.05, 0) is 31.0 Å². The zero-order valence-electron chi connectivity index (χ0n) is 10.7. The molecule has 1 aromatic carbocycles. The molecule has 0 radical (unpaired) electrons. The number of hydrogen-bond acceptors (Lipinski definition) is 2. The lowest BCUT2D eigenvalue weighted by molar-refractivity contribution is -0.134. The van der Waals surface area contributed by atoms with E-state index in [0.717, 1.165) is 0 Å². The Morgan fingerprint density at radius 1 is 1.20 bits per heavy atom. The molecule has 2 amide bonds. The molecular formula is C14H14Cl2N2O2. The monoisotopic (exact) mass is 312 g/mol. The second-order valence-electron chi connectivity index (χ2n) is 4.69. The maximum atomic E-state index is 12.2. The Morgan fingerprint density at radius 3 is 2.30 bits per heavy atom. The first kappa shape index (κ1) is 14.9. The molecule has 1 saturated carbocycles. The van der Waals surface area contributed by atoms with Crippen LogP contribution in [0.25, 0.3) is 0 Å². The van der Waals surface area contributed by atoms with E-state index in [1.807, 2.05) is 0 Å². The van der Waals surface area contributed by atoms with E-state index >= 15 is 0 Å². The van der Waals surface area contributed by atoms with Gasteiger partial charge in [0.1, 0.15) is 5.41 Å². The highest BCUT2D eigenvalue weighted by Crippen LogP contribution is 2.47. The number of carbonyl (C=O) groups is 2. The average molecular weight is 313 g/mol. The molecule has 20 heavy (non-hydrogen) atoms. The largest absolute Gasteiger partial charge is 0.352 e. The zero-order valence-corrected chi connectivity index (χ0v) is 12.2. The summed E-state index contributed by atoms with van der Waals surface area (Å²) in [5.74, 6) is -0.611. The summed E-state index contributed by atoms with van der Waals surface area (Å²) in [6, 6.07) is 4.74. The minimum Gasteiger partial charge on any atom is -0.352 e. The molecule has 0 atom stereocenters. The van der Waals surface area contributed by atoms with Crippen LogP contribution in [0.1, 0.15) is 12.8 Å². The summed E-state index contributed by atoms with van der Waals surface area (Å²) in [6.45, 7) is 3.87. The third-order valence-corrected chi connectivity index (χ3v) is 3.58. The summed E-state index contributed by atoms with van der Waals surface area (Å²) >= 11 is 11.7. The Balaban J connectivity index is 2.08. The number of halogens is 2. The average Bonchev–Trinajstić information content (AvgIpc) is 3.16. The number of rotatable bonds is 5. The summed E-state index contributed by atoms with van der Waals surface area (Å²) in [5.41, 5.74) is -0.493. The fourth-order valence-electron chi connectivity index (χ4n) is 1.89. The Kier molecular flexibility index (Phi) is 4.35. The van der Waals surface area contributed by atoms with Crippen molar-refractivity contribution in [3.63, 3.8) is 0 Å². The van der Waals surface area contributed by atoms with Crippen LogP contribution >= 0.6 is 23.2 Å². The molecule has 0 aromatic heterocycles. The Labute approximate surface area is 127 Å². The molecule has 0 heterocycles. The van der Waals surface area contributed by atoms with Crippen LogP contribution in [-0.4, -0.2) is 18.4 Å². The summed E-state index contributed by atoms with van der Waals surface area (Å²) in [5, 5.41) is 6.19. The van der Waals surface area contributed by atoms with Crippen LogP contribution in [0, 0.1) is 5.41 Å². The smallest absolute Gasteiger partial charge is 0.240 e. The van der Waals surface area contributed by atoms with Crippen LogP contribution in [-0.2, 0) is 9.59 Å². The lowest BCUT2D eigenvalue weighted by atomic mass is 10.1. The molecule has 4 nitrogen and oxygen atoms in total. The zero-order chi connectivity index (χ0) is 14.8. The number of amides is 2.